The minimum absolute atomic E-state index is 0.137. The van der Waals surface area contributed by atoms with Gasteiger partial charge in [-0.25, -0.2) is 0 Å². The summed E-state index contributed by atoms with van der Waals surface area (Å²) >= 11 is 0. The van der Waals surface area contributed by atoms with Crippen LogP contribution in [0.15, 0.2) is 0 Å². The van der Waals surface area contributed by atoms with E-state index in [0.29, 0.717) is 6.61 Å². The first kappa shape index (κ1) is 8.53. The average molecular weight is 157 g/mol. The maximum absolute atomic E-state index is 11.2. The molecule has 1 fully saturated rings. The zero-order valence-corrected chi connectivity index (χ0v) is 7.17. The lowest BCUT2D eigenvalue weighted by atomic mass is 10.3. The number of amides is 1. The Morgan fingerprint density at radius 3 is 2.91 bits per heavy atom. The first-order chi connectivity index (χ1) is 5.25. The molecule has 1 aliphatic heterocycles. The molecule has 1 saturated heterocycles. The normalized spacial score (nSPS) is 24.7. The van der Waals surface area contributed by atoms with Crippen molar-refractivity contribution in [3.8, 4) is 0 Å². The smallest absolute Gasteiger partial charge is 0.251 e. The fraction of sp³-hybridized carbons (Fsp3) is 0.875. The molecule has 0 aromatic rings. The fourth-order valence-corrected chi connectivity index (χ4v) is 1.21. The average Bonchev–Trinajstić information content (AvgIpc) is 2.31. The monoisotopic (exact) mass is 157 g/mol. The number of nitrogens with zero attached hydrogens (tertiary/aromatic N) is 1. The Hall–Kier alpha value is -0.570. The van der Waals surface area contributed by atoms with E-state index in [0.717, 1.165) is 19.4 Å². The van der Waals surface area contributed by atoms with E-state index in [1.165, 1.54) is 0 Å². The molecule has 1 atom stereocenters. The van der Waals surface area contributed by atoms with Crippen molar-refractivity contribution >= 4 is 5.91 Å². The second kappa shape index (κ2) is 3.72. The van der Waals surface area contributed by atoms with Gasteiger partial charge in [-0.3, -0.25) is 4.79 Å². The van der Waals surface area contributed by atoms with Crippen molar-refractivity contribution in [2.24, 2.45) is 0 Å². The van der Waals surface area contributed by atoms with Crippen LogP contribution in [0.5, 0.6) is 0 Å². The van der Waals surface area contributed by atoms with Gasteiger partial charge >= 0.3 is 0 Å². The lowest BCUT2D eigenvalue weighted by molar-refractivity contribution is -0.136. The maximum Gasteiger partial charge on any atom is 0.251 e. The topological polar surface area (TPSA) is 29.5 Å². The molecule has 1 heterocycles. The summed E-state index contributed by atoms with van der Waals surface area (Å²) in [6.45, 7) is 3.58. The SMILES string of the molecule is CCCOC1CCN(C)C1=O. The van der Waals surface area contributed by atoms with Crippen molar-refractivity contribution in [1.82, 2.24) is 4.90 Å². The third-order valence-corrected chi connectivity index (χ3v) is 1.90. The molecule has 0 saturated carbocycles. The van der Waals surface area contributed by atoms with Gasteiger partial charge in [0.1, 0.15) is 6.10 Å². The minimum atomic E-state index is -0.153. The van der Waals surface area contributed by atoms with E-state index in [9.17, 15) is 4.79 Å². The maximum atomic E-state index is 11.2. The number of hydrogen-bond donors (Lipinski definition) is 0. The van der Waals surface area contributed by atoms with Crippen molar-refractivity contribution in [3.05, 3.63) is 0 Å². The fourth-order valence-electron chi connectivity index (χ4n) is 1.21. The molecule has 0 radical (unpaired) electrons. The molecule has 0 bridgehead atoms. The van der Waals surface area contributed by atoms with Crippen LogP contribution in [0.2, 0.25) is 0 Å². The molecular formula is C8H15NO2. The van der Waals surface area contributed by atoms with E-state index in [1.807, 2.05) is 14.0 Å². The molecule has 1 rings (SSSR count). The summed E-state index contributed by atoms with van der Waals surface area (Å²) in [6, 6.07) is 0. The van der Waals surface area contributed by atoms with E-state index in [-0.39, 0.29) is 12.0 Å². The molecule has 1 unspecified atom stereocenters. The molecule has 0 aromatic carbocycles. The molecule has 0 aliphatic carbocycles. The molecule has 0 spiro atoms. The van der Waals surface area contributed by atoms with Gasteiger partial charge in [0.05, 0.1) is 0 Å². The third kappa shape index (κ3) is 1.93. The van der Waals surface area contributed by atoms with Crippen LogP contribution in [-0.2, 0) is 9.53 Å². The Labute approximate surface area is 67.3 Å². The Kier molecular flexibility index (Phi) is 2.88. The van der Waals surface area contributed by atoms with Crippen LogP contribution >= 0.6 is 0 Å². The second-order valence-electron chi connectivity index (χ2n) is 2.91. The Bertz CT molecular complexity index is 147. The first-order valence-electron chi connectivity index (χ1n) is 4.12. The van der Waals surface area contributed by atoms with Gasteiger partial charge in [-0.05, 0) is 6.42 Å². The van der Waals surface area contributed by atoms with Crippen LogP contribution in [0.25, 0.3) is 0 Å². The number of hydrogen-bond acceptors (Lipinski definition) is 2. The summed E-state index contributed by atoms with van der Waals surface area (Å²) in [5.41, 5.74) is 0. The van der Waals surface area contributed by atoms with Gasteiger partial charge in [-0.2, -0.15) is 0 Å². The number of carbonyl (C=O) groups is 1. The lowest BCUT2D eigenvalue weighted by Gasteiger charge is -2.10. The van der Waals surface area contributed by atoms with Crippen LogP contribution in [0.3, 0.4) is 0 Å². The summed E-state index contributed by atoms with van der Waals surface area (Å²) in [5.74, 6) is 0.137. The number of likely N-dealkylation sites (tertiary alicyclic amines) is 1. The number of likely N-dealkylation sites (N-methyl/N-ethyl adjacent to an activating group) is 1. The molecular weight excluding hydrogens is 142 g/mol. The first-order valence-corrected chi connectivity index (χ1v) is 4.12. The highest BCUT2D eigenvalue weighted by Crippen LogP contribution is 2.12. The summed E-state index contributed by atoms with van der Waals surface area (Å²) in [4.78, 5) is 12.9. The Balaban J connectivity index is 2.30. The molecule has 64 valence electrons. The van der Waals surface area contributed by atoms with Gasteiger partial charge in [-0.1, -0.05) is 6.92 Å². The summed E-state index contributed by atoms with van der Waals surface area (Å²) in [7, 11) is 1.82. The summed E-state index contributed by atoms with van der Waals surface area (Å²) in [5, 5.41) is 0. The Morgan fingerprint density at radius 2 is 2.45 bits per heavy atom. The zero-order valence-electron chi connectivity index (χ0n) is 7.17. The van der Waals surface area contributed by atoms with Crippen molar-refractivity contribution < 1.29 is 9.53 Å². The molecule has 0 aromatic heterocycles. The molecule has 1 amide bonds. The quantitative estimate of drug-likeness (QED) is 0.601. The van der Waals surface area contributed by atoms with Crippen molar-refractivity contribution in [2.45, 2.75) is 25.9 Å². The highest BCUT2D eigenvalue weighted by atomic mass is 16.5. The molecule has 3 heteroatoms. The highest BCUT2D eigenvalue weighted by molar-refractivity contribution is 5.82. The number of ether oxygens (including phenoxy) is 1. The van der Waals surface area contributed by atoms with Crippen LogP contribution in [0.1, 0.15) is 19.8 Å². The second-order valence-corrected chi connectivity index (χ2v) is 2.91. The van der Waals surface area contributed by atoms with E-state index in [1.54, 1.807) is 4.90 Å². The molecule has 0 N–H and O–H groups in total. The van der Waals surface area contributed by atoms with Gasteiger partial charge < -0.3 is 9.64 Å². The van der Waals surface area contributed by atoms with Crippen LogP contribution in [0, 0.1) is 0 Å². The van der Waals surface area contributed by atoms with E-state index < -0.39 is 0 Å². The van der Waals surface area contributed by atoms with Gasteiger partial charge in [0, 0.05) is 26.6 Å². The Morgan fingerprint density at radius 1 is 1.73 bits per heavy atom. The predicted molar refractivity (Wildman–Crippen MR) is 42.3 cm³/mol. The van der Waals surface area contributed by atoms with Crippen molar-refractivity contribution in [3.63, 3.8) is 0 Å². The number of rotatable bonds is 3. The van der Waals surface area contributed by atoms with Crippen molar-refractivity contribution in [1.29, 1.82) is 0 Å². The molecule has 1 aliphatic rings. The van der Waals surface area contributed by atoms with E-state index in [2.05, 4.69) is 0 Å². The van der Waals surface area contributed by atoms with Gasteiger partial charge in [0.2, 0.25) is 0 Å². The third-order valence-electron chi connectivity index (χ3n) is 1.90. The zero-order chi connectivity index (χ0) is 8.27. The van der Waals surface area contributed by atoms with Gasteiger partial charge in [0.25, 0.3) is 5.91 Å². The van der Waals surface area contributed by atoms with Crippen LogP contribution in [-0.4, -0.2) is 37.1 Å². The van der Waals surface area contributed by atoms with Crippen molar-refractivity contribution in [2.75, 3.05) is 20.2 Å². The standard InChI is InChI=1S/C8H15NO2/c1-3-6-11-7-4-5-9(2)8(7)10/h7H,3-6H2,1-2H3. The van der Waals surface area contributed by atoms with E-state index >= 15 is 0 Å². The van der Waals surface area contributed by atoms with Gasteiger partial charge in [-0.15, -0.1) is 0 Å². The lowest BCUT2D eigenvalue weighted by Crippen LogP contribution is -2.27. The van der Waals surface area contributed by atoms with Crippen LogP contribution < -0.4 is 0 Å². The summed E-state index contributed by atoms with van der Waals surface area (Å²) < 4.78 is 5.34. The van der Waals surface area contributed by atoms with Crippen LogP contribution in [0.4, 0.5) is 0 Å². The summed E-state index contributed by atoms with van der Waals surface area (Å²) in [6.07, 6.45) is 1.68. The number of carbonyl (C=O) groups excluding carboxylic acids is 1. The van der Waals surface area contributed by atoms with Gasteiger partial charge in [0.15, 0.2) is 0 Å². The van der Waals surface area contributed by atoms with E-state index in [4.69, 9.17) is 4.74 Å². The predicted octanol–water partition coefficient (Wildman–Crippen LogP) is 0.644. The minimum Gasteiger partial charge on any atom is -0.368 e. The highest BCUT2D eigenvalue weighted by Gasteiger charge is 2.29. The molecule has 3 nitrogen and oxygen atoms in total. The molecule has 11 heavy (non-hydrogen) atoms. The largest absolute Gasteiger partial charge is 0.368 e.